The van der Waals surface area contributed by atoms with Gasteiger partial charge in [-0.25, -0.2) is 0 Å². The largest absolute Gasteiger partial charge is 0.484 e. The van der Waals surface area contributed by atoms with E-state index in [2.05, 4.69) is 5.32 Å². The number of rotatable bonds is 6. The van der Waals surface area contributed by atoms with Crippen LogP contribution >= 0.6 is 23.2 Å². The SMILES string of the molecule is O=C(COc1ccc(C(=O)c2ccc(Cl)cc2)cc1)Nc1c(Cl)cccc1C(F)(F)F. The Hall–Kier alpha value is -3.03. The van der Waals surface area contributed by atoms with Crippen molar-refractivity contribution in [3.63, 3.8) is 0 Å². The molecule has 0 heterocycles. The van der Waals surface area contributed by atoms with E-state index in [0.29, 0.717) is 16.1 Å². The molecule has 0 aliphatic rings. The summed E-state index contributed by atoms with van der Waals surface area (Å²) in [4.78, 5) is 24.5. The lowest BCUT2D eigenvalue weighted by Crippen LogP contribution is -2.22. The van der Waals surface area contributed by atoms with Crippen molar-refractivity contribution in [1.29, 1.82) is 0 Å². The van der Waals surface area contributed by atoms with Crippen LogP contribution in [-0.2, 0) is 11.0 Å². The Morgan fingerprint density at radius 2 is 1.45 bits per heavy atom. The van der Waals surface area contributed by atoms with E-state index in [9.17, 15) is 22.8 Å². The second-order valence-electron chi connectivity index (χ2n) is 6.36. The fourth-order valence-corrected chi connectivity index (χ4v) is 3.03. The van der Waals surface area contributed by atoms with Gasteiger partial charge in [0.25, 0.3) is 5.91 Å². The first-order valence-corrected chi connectivity index (χ1v) is 9.59. The second-order valence-corrected chi connectivity index (χ2v) is 7.20. The van der Waals surface area contributed by atoms with Crippen LogP contribution in [0.4, 0.5) is 18.9 Å². The summed E-state index contributed by atoms with van der Waals surface area (Å²) in [7, 11) is 0. The summed E-state index contributed by atoms with van der Waals surface area (Å²) in [5, 5.41) is 2.40. The number of alkyl halides is 3. The summed E-state index contributed by atoms with van der Waals surface area (Å²) < 4.78 is 44.6. The molecule has 3 aromatic rings. The molecule has 1 amide bonds. The highest BCUT2D eigenvalue weighted by molar-refractivity contribution is 6.34. The van der Waals surface area contributed by atoms with Crippen molar-refractivity contribution in [1.82, 2.24) is 0 Å². The van der Waals surface area contributed by atoms with Crippen LogP contribution in [0.1, 0.15) is 21.5 Å². The van der Waals surface area contributed by atoms with Gasteiger partial charge < -0.3 is 10.1 Å². The lowest BCUT2D eigenvalue weighted by Gasteiger charge is -2.15. The van der Waals surface area contributed by atoms with Gasteiger partial charge in [-0.05, 0) is 60.7 Å². The third-order valence-electron chi connectivity index (χ3n) is 4.18. The lowest BCUT2D eigenvalue weighted by atomic mass is 10.0. The Bertz CT molecular complexity index is 1100. The standard InChI is InChI=1S/C22H14Cl2F3NO3/c23-15-8-4-13(5-9-15)21(30)14-6-10-16(11-7-14)31-12-19(29)28-20-17(22(25,26)27)2-1-3-18(20)24/h1-11H,12H2,(H,28,29). The summed E-state index contributed by atoms with van der Waals surface area (Å²) in [5.41, 5.74) is -0.741. The number of ketones is 1. The molecule has 0 fully saturated rings. The normalized spacial score (nSPS) is 11.1. The number of carbonyl (C=O) groups is 2. The van der Waals surface area contributed by atoms with Crippen molar-refractivity contribution < 1.29 is 27.5 Å². The summed E-state index contributed by atoms with van der Waals surface area (Å²) in [6.07, 6.45) is -4.68. The van der Waals surface area contributed by atoms with Crippen LogP contribution in [0, 0.1) is 0 Å². The Labute approximate surface area is 185 Å². The highest BCUT2D eigenvalue weighted by atomic mass is 35.5. The fourth-order valence-electron chi connectivity index (χ4n) is 2.68. The van der Waals surface area contributed by atoms with Gasteiger partial charge in [0.15, 0.2) is 12.4 Å². The molecule has 160 valence electrons. The Kier molecular flexibility index (Phi) is 6.87. The van der Waals surface area contributed by atoms with Crippen molar-refractivity contribution in [3.05, 3.63) is 93.5 Å². The number of benzene rings is 3. The zero-order valence-corrected chi connectivity index (χ0v) is 17.2. The number of hydrogen-bond donors (Lipinski definition) is 1. The smallest absolute Gasteiger partial charge is 0.418 e. The topological polar surface area (TPSA) is 55.4 Å². The molecule has 0 aromatic heterocycles. The van der Waals surface area contributed by atoms with Crippen LogP contribution in [0.25, 0.3) is 0 Å². The number of carbonyl (C=O) groups excluding carboxylic acids is 2. The highest BCUT2D eigenvalue weighted by Gasteiger charge is 2.34. The predicted octanol–water partition coefficient (Wildman–Crippen LogP) is 6.26. The van der Waals surface area contributed by atoms with Crippen molar-refractivity contribution in [3.8, 4) is 5.75 Å². The molecule has 0 spiro atoms. The molecule has 3 aromatic carbocycles. The van der Waals surface area contributed by atoms with Crippen molar-refractivity contribution in [2.75, 3.05) is 11.9 Å². The third-order valence-corrected chi connectivity index (χ3v) is 4.74. The Morgan fingerprint density at radius 1 is 0.871 bits per heavy atom. The maximum Gasteiger partial charge on any atom is 0.418 e. The number of hydrogen-bond acceptors (Lipinski definition) is 3. The van der Waals surface area contributed by atoms with E-state index in [0.717, 1.165) is 12.1 Å². The van der Waals surface area contributed by atoms with Gasteiger partial charge >= 0.3 is 6.18 Å². The van der Waals surface area contributed by atoms with E-state index in [1.165, 1.54) is 30.3 Å². The van der Waals surface area contributed by atoms with E-state index >= 15 is 0 Å². The molecule has 0 unspecified atom stereocenters. The maximum atomic E-state index is 13.1. The van der Waals surface area contributed by atoms with Gasteiger partial charge in [0.2, 0.25) is 0 Å². The third kappa shape index (κ3) is 5.77. The summed E-state index contributed by atoms with van der Waals surface area (Å²) in [5.74, 6) is -0.780. The maximum absolute atomic E-state index is 13.1. The van der Waals surface area contributed by atoms with Crippen molar-refractivity contribution in [2.24, 2.45) is 0 Å². The van der Waals surface area contributed by atoms with Gasteiger partial charge in [0, 0.05) is 16.1 Å². The molecule has 1 N–H and O–H groups in total. The molecule has 0 saturated heterocycles. The minimum atomic E-state index is -4.68. The van der Waals surface area contributed by atoms with Crippen molar-refractivity contribution in [2.45, 2.75) is 6.18 Å². The van der Waals surface area contributed by atoms with Crippen LogP contribution in [0.2, 0.25) is 10.0 Å². The second kappa shape index (κ2) is 9.41. The van der Waals surface area contributed by atoms with Gasteiger partial charge in [-0.3, -0.25) is 9.59 Å². The van der Waals surface area contributed by atoms with Gasteiger partial charge in [-0.2, -0.15) is 13.2 Å². The molecule has 0 bridgehead atoms. The van der Waals surface area contributed by atoms with Gasteiger partial charge in [-0.1, -0.05) is 29.3 Å². The van der Waals surface area contributed by atoms with E-state index in [-0.39, 0.29) is 16.6 Å². The van der Waals surface area contributed by atoms with E-state index in [4.69, 9.17) is 27.9 Å². The number of para-hydroxylation sites is 1. The lowest BCUT2D eigenvalue weighted by molar-refractivity contribution is -0.137. The summed E-state index contributed by atoms with van der Waals surface area (Å²) in [6.45, 7) is -0.549. The molecular formula is C22H14Cl2F3NO3. The van der Waals surface area contributed by atoms with Crippen molar-refractivity contribution >= 4 is 40.6 Å². The molecular weight excluding hydrogens is 454 g/mol. The molecule has 31 heavy (non-hydrogen) atoms. The summed E-state index contributed by atoms with van der Waals surface area (Å²) >= 11 is 11.6. The first kappa shape index (κ1) is 22.7. The van der Waals surface area contributed by atoms with E-state index in [1.54, 1.807) is 24.3 Å². The molecule has 0 radical (unpaired) electrons. The zero-order chi connectivity index (χ0) is 22.6. The zero-order valence-electron chi connectivity index (χ0n) is 15.7. The molecule has 0 atom stereocenters. The fraction of sp³-hybridized carbons (Fsp3) is 0.0909. The average Bonchev–Trinajstić information content (AvgIpc) is 2.73. The first-order valence-electron chi connectivity index (χ1n) is 8.84. The number of nitrogens with one attached hydrogen (secondary N) is 1. The quantitative estimate of drug-likeness (QED) is 0.435. The Morgan fingerprint density at radius 3 is 2.03 bits per heavy atom. The molecule has 0 aliphatic heterocycles. The van der Waals surface area contributed by atoms with Crippen LogP contribution < -0.4 is 10.1 Å². The van der Waals surface area contributed by atoms with E-state index in [1.807, 2.05) is 0 Å². The molecule has 4 nitrogen and oxygen atoms in total. The number of amides is 1. The first-order chi connectivity index (χ1) is 14.6. The average molecular weight is 468 g/mol. The van der Waals surface area contributed by atoms with E-state index < -0.39 is 29.9 Å². The number of ether oxygens (including phenoxy) is 1. The molecule has 0 aliphatic carbocycles. The van der Waals surface area contributed by atoms with Crippen LogP contribution in [0.3, 0.4) is 0 Å². The van der Waals surface area contributed by atoms with Crippen LogP contribution in [0.5, 0.6) is 5.75 Å². The molecule has 9 heteroatoms. The molecule has 3 rings (SSSR count). The summed E-state index contributed by atoms with van der Waals surface area (Å²) in [6, 6.07) is 15.6. The van der Waals surface area contributed by atoms with Gasteiger partial charge in [-0.15, -0.1) is 0 Å². The predicted molar refractivity (Wildman–Crippen MR) is 112 cm³/mol. The van der Waals surface area contributed by atoms with Crippen LogP contribution in [0.15, 0.2) is 66.7 Å². The minimum absolute atomic E-state index is 0.223. The molecule has 0 saturated carbocycles. The highest BCUT2D eigenvalue weighted by Crippen LogP contribution is 2.38. The van der Waals surface area contributed by atoms with Gasteiger partial charge in [0.05, 0.1) is 16.3 Å². The monoisotopic (exact) mass is 467 g/mol. The number of halogens is 5. The van der Waals surface area contributed by atoms with Crippen LogP contribution in [-0.4, -0.2) is 18.3 Å². The Balaban J connectivity index is 1.63. The number of anilines is 1. The minimum Gasteiger partial charge on any atom is -0.484 e. The van der Waals surface area contributed by atoms with Gasteiger partial charge in [0.1, 0.15) is 5.75 Å².